The summed E-state index contributed by atoms with van der Waals surface area (Å²) in [5.74, 6) is -0.380. The Morgan fingerprint density at radius 2 is 1.89 bits per heavy atom. The highest BCUT2D eigenvalue weighted by atomic mass is 35.5. The predicted molar refractivity (Wildman–Crippen MR) is 73.4 cm³/mol. The molecule has 5 nitrogen and oxygen atoms in total. The Morgan fingerprint density at radius 1 is 1.26 bits per heavy atom. The van der Waals surface area contributed by atoms with Gasteiger partial charge in [0.1, 0.15) is 5.75 Å². The molecular weight excluding hydrogens is 291 g/mol. The van der Waals surface area contributed by atoms with Crippen LogP contribution in [0.1, 0.15) is 13.8 Å². The van der Waals surface area contributed by atoms with Gasteiger partial charge >= 0.3 is 6.03 Å². The van der Waals surface area contributed by atoms with E-state index >= 15 is 0 Å². The number of hydrogen-bond donors (Lipinski definition) is 2. The van der Waals surface area contributed by atoms with Crippen LogP contribution >= 0.6 is 23.2 Å². The SMILES string of the molecule is CC(C)[C@@H](Oc1ccc(Cl)c(Cl)c1)C(=O)NC(N)=O. The Labute approximate surface area is 121 Å². The minimum absolute atomic E-state index is 0.159. The molecular formula is C12H14Cl2N2O3. The van der Waals surface area contributed by atoms with Crippen molar-refractivity contribution in [3.63, 3.8) is 0 Å². The summed E-state index contributed by atoms with van der Waals surface area (Å²) in [7, 11) is 0. The molecule has 0 saturated heterocycles. The Morgan fingerprint density at radius 3 is 2.37 bits per heavy atom. The number of halogens is 2. The largest absolute Gasteiger partial charge is 0.480 e. The first-order valence-corrected chi connectivity index (χ1v) is 6.29. The summed E-state index contributed by atoms with van der Waals surface area (Å²) in [5, 5.41) is 2.69. The first kappa shape index (κ1) is 15.6. The number of imide groups is 1. The average Bonchev–Trinajstić information content (AvgIpc) is 2.29. The molecule has 104 valence electrons. The predicted octanol–water partition coefficient (Wildman–Crippen LogP) is 2.59. The number of rotatable bonds is 4. The van der Waals surface area contributed by atoms with E-state index in [9.17, 15) is 9.59 Å². The molecule has 0 bridgehead atoms. The van der Waals surface area contributed by atoms with Gasteiger partial charge in [-0.15, -0.1) is 0 Å². The van der Waals surface area contributed by atoms with Crippen LogP contribution in [0.2, 0.25) is 10.0 Å². The van der Waals surface area contributed by atoms with Gasteiger partial charge in [0.25, 0.3) is 5.91 Å². The number of ether oxygens (including phenoxy) is 1. The van der Waals surface area contributed by atoms with Crippen LogP contribution in [0.3, 0.4) is 0 Å². The second kappa shape index (κ2) is 6.63. The number of hydrogen-bond acceptors (Lipinski definition) is 3. The second-order valence-electron chi connectivity index (χ2n) is 4.21. The highest BCUT2D eigenvalue weighted by Crippen LogP contribution is 2.27. The maximum absolute atomic E-state index is 11.8. The maximum atomic E-state index is 11.8. The standard InChI is InChI=1S/C12H14Cl2N2O3/c1-6(2)10(11(17)16-12(15)18)19-7-3-4-8(13)9(14)5-7/h3-6,10H,1-2H3,(H3,15,16,17,18)/t10-/m1/s1. The lowest BCUT2D eigenvalue weighted by molar-refractivity contribution is -0.128. The van der Waals surface area contributed by atoms with E-state index in [4.69, 9.17) is 33.7 Å². The normalized spacial score (nSPS) is 12.1. The van der Waals surface area contributed by atoms with Gasteiger partial charge in [-0.05, 0) is 18.1 Å². The van der Waals surface area contributed by atoms with Crippen LogP contribution in [0.5, 0.6) is 5.75 Å². The molecule has 1 aromatic carbocycles. The van der Waals surface area contributed by atoms with Crippen molar-refractivity contribution in [3.05, 3.63) is 28.2 Å². The molecule has 0 aliphatic heterocycles. The molecule has 3 N–H and O–H groups in total. The summed E-state index contributed by atoms with van der Waals surface area (Å²) in [4.78, 5) is 22.4. The van der Waals surface area contributed by atoms with Gasteiger partial charge in [-0.25, -0.2) is 4.79 Å². The van der Waals surface area contributed by atoms with Gasteiger partial charge in [0.05, 0.1) is 10.0 Å². The zero-order valence-electron chi connectivity index (χ0n) is 10.4. The fraction of sp³-hybridized carbons (Fsp3) is 0.333. The summed E-state index contributed by atoms with van der Waals surface area (Å²) in [5.41, 5.74) is 4.90. The molecule has 0 aliphatic carbocycles. The van der Waals surface area contributed by atoms with Gasteiger partial charge in [-0.3, -0.25) is 10.1 Å². The summed E-state index contributed by atoms with van der Waals surface area (Å²) < 4.78 is 5.51. The molecule has 0 aliphatic rings. The Kier molecular flexibility index (Phi) is 5.44. The second-order valence-corrected chi connectivity index (χ2v) is 5.03. The van der Waals surface area contributed by atoms with E-state index in [-0.39, 0.29) is 5.92 Å². The Balaban J connectivity index is 2.86. The van der Waals surface area contributed by atoms with Crippen LogP contribution < -0.4 is 15.8 Å². The van der Waals surface area contributed by atoms with Crippen LogP contribution in [-0.2, 0) is 4.79 Å². The van der Waals surface area contributed by atoms with E-state index < -0.39 is 18.0 Å². The van der Waals surface area contributed by atoms with E-state index in [1.807, 2.05) is 5.32 Å². The van der Waals surface area contributed by atoms with Crippen molar-refractivity contribution in [2.24, 2.45) is 11.7 Å². The fourth-order valence-corrected chi connectivity index (χ4v) is 1.67. The highest BCUT2D eigenvalue weighted by molar-refractivity contribution is 6.42. The van der Waals surface area contributed by atoms with Crippen molar-refractivity contribution in [1.82, 2.24) is 5.32 Å². The molecule has 0 radical (unpaired) electrons. The molecule has 3 amide bonds. The monoisotopic (exact) mass is 304 g/mol. The number of carbonyl (C=O) groups excluding carboxylic acids is 2. The third-order valence-corrected chi connectivity index (χ3v) is 3.00. The number of benzene rings is 1. The fourth-order valence-electron chi connectivity index (χ4n) is 1.38. The first-order valence-electron chi connectivity index (χ1n) is 5.53. The van der Waals surface area contributed by atoms with Gasteiger partial charge in [0.2, 0.25) is 0 Å². The molecule has 1 rings (SSSR count). The van der Waals surface area contributed by atoms with E-state index in [0.29, 0.717) is 15.8 Å². The average molecular weight is 305 g/mol. The number of carbonyl (C=O) groups is 2. The molecule has 0 aromatic heterocycles. The highest BCUT2D eigenvalue weighted by Gasteiger charge is 2.25. The van der Waals surface area contributed by atoms with Gasteiger partial charge in [0, 0.05) is 6.07 Å². The van der Waals surface area contributed by atoms with Crippen molar-refractivity contribution in [3.8, 4) is 5.75 Å². The van der Waals surface area contributed by atoms with Gasteiger partial charge < -0.3 is 10.5 Å². The molecule has 0 spiro atoms. The molecule has 0 heterocycles. The number of primary amides is 1. The number of nitrogens with two attached hydrogens (primary N) is 1. The van der Waals surface area contributed by atoms with Crippen LogP contribution in [0, 0.1) is 5.92 Å². The maximum Gasteiger partial charge on any atom is 0.318 e. The number of nitrogens with one attached hydrogen (secondary N) is 1. The Bertz CT molecular complexity index is 492. The van der Waals surface area contributed by atoms with Crippen molar-refractivity contribution in [2.75, 3.05) is 0 Å². The molecule has 1 aromatic rings. The molecule has 1 atom stereocenters. The molecule has 0 unspecified atom stereocenters. The zero-order chi connectivity index (χ0) is 14.6. The Hall–Kier alpha value is -1.46. The summed E-state index contributed by atoms with van der Waals surface area (Å²) >= 11 is 11.6. The van der Waals surface area contributed by atoms with Gasteiger partial charge in [-0.1, -0.05) is 37.0 Å². The van der Waals surface area contributed by atoms with Crippen molar-refractivity contribution in [2.45, 2.75) is 20.0 Å². The van der Waals surface area contributed by atoms with E-state index in [1.54, 1.807) is 26.0 Å². The lowest BCUT2D eigenvalue weighted by atomic mass is 10.1. The van der Waals surface area contributed by atoms with Crippen molar-refractivity contribution >= 4 is 35.1 Å². The summed E-state index contributed by atoms with van der Waals surface area (Å²) in [6, 6.07) is 3.72. The van der Waals surface area contributed by atoms with Crippen molar-refractivity contribution in [1.29, 1.82) is 0 Å². The number of amides is 3. The summed E-state index contributed by atoms with van der Waals surface area (Å²) in [6.45, 7) is 3.56. The molecule has 0 saturated carbocycles. The number of urea groups is 1. The third kappa shape index (κ3) is 4.61. The first-order chi connectivity index (χ1) is 8.81. The van der Waals surface area contributed by atoms with Crippen LogP contribution in [0.15, 0.2) is 18.2 Å². The minimum atomic E-state index is -0.923. The molecule has 7 heteroatoms. The quantitative estimate of drug-likeness (QED) is 0.897. The van der Waals surface area contributed by atoms with Crippen LogP contribution in [0.4, 0.5) is 4.79 Å². The van der Waals surface area contributed by atoms with Crippen molar-refractivity contribution < 1.29 is 14.3 Å². The topological polar surface area (TPSA) is 81.4 Å². The lowest BCUT2D eigenvalue weighted by Gasteiger charge is -2.21. The zero-order valence-corrected chi connectivity index (χ0v) is 12.0. The third-order valence-electron chi connectivity index (χ3n) is 2.26. The molecule has 19 heavy (non-hydrogen) atoms. The van der Waals surface area contributed by atoms with Crippen LogP contribution in [-0.4, -0.2) is 18.0 Å². The minimum Gasteiger partial charge on any atom is -0.480 e. The van der Waals surface area contributed by atoms with E-state index in [1.165, 1.54) is 6.07 Å². The van der Waals surface area contributed by atoms with Gasteiger partial charge in [0.15, 0.2) is 6.10 Å². The van der Waals surface area contributed by atoms with Crippen LogP contribution in [0.25, 0.3) is 0 Å². The van der Waals surface area contributed by atoms with E-state index in [0.717, 1.165) is 0 Å². The lowest BCUT2D eigenvalue weighted by Crippen LogP contribution is -2.46. The van der Waals surface area contributed by atoms with Gasteiger partial charge in [-0.2, -0.15) is 0 Å². The van der Waals surface area contributed by atoms with E-state index in [2.05, 4.69) is 0 Å². The molecule has 0 fully saturated rings. The summed E-state index contributed by atoms with van der Waals surface area (Å²) in [6.07, 6.45) is -0.857. The smallest absolute Gasteiger partial charge is 0.318 e.